The third-order valence-corrected chi connectivity index (χ3v) is 8.52. The molecule has 17 heteroatoms. The minimum absolute atomic E-state index is 0.0333. The summed E-state index contributed by atoms with van der Waals surface area (Å²) in [4.78, 5) is 19.5. The minimum atomic E-state index is -4.86. The Labute approximate surface area is 221 Å². The Kier molecular flexibility index (Phi) is 5.78. The van der Waals surface area contributed by atoms with Gasteiger partial charge in [0, 0.05) is 48.8 Å². The lowest BCUT2D eigenvalue weighted by Gasteiger charge is -2.63. The lowest BCUT2D eigenvalue weighted by atomic mass is 9.56. The van der Waals surface area contributed by atoms with E-state index in [1.54, 1.807) is 9.80 Å². The summed E-state index contributed by atoms with van der Waals surface area (Å²) in [5.41, 5.74) is -1.87. The lowest BCUT2D eigenvalue weighted by molar-refractivity contribution is -0.149. The number of likely N-dealkylation sites (tertiary alicyclic amines) is 2. The van der Waals surface area contributed by atoms with E-state index in [1.807, 2.05) is 0 Å². The summed E-state index contributed by atoms with van der Waals surface area (Å²) in [5, 5.41) is 6.65. The van der Waals surface area contributed by atoms with Crippen molar-refractivity contribution in [3.8, 4) is 0 Å². The van der Waals surface area contributed by atoms with Crippen molar-refractivity contribution in [1.29, 1.82) is 0 Å². The molecule has 2 aromatic rings. The number of carbonyl (C=O) groups excluding carboxylic acids is 1. The molecule has 2 saturated carbocycles. The van der Waals surface area contributed by atoms with Gasteiger partial charge in [-0.05, 0) is 38.0 Å². The number of alkyl halides is 9. The summed E-state index contributed by atoms with van der Waals surface area (Å²) < 4.78 is 118. The predicted molar refractivity (Wildman–Crippen MR) is 116 cm³/mol. The molecule has 0 atom stereocenters. The van der Waals surface area contributed by atoms with Gasteiger partial charge in [0.1, 0.15) is 12.9 Å². The van der Waals surface area contributed by atoms with Crippen molar-refractivity contribution in [2.75, 3.05) is 26.2 Å². The highest BCUT2D eigenvalue weighted by Gasteiger charge is 2.59. The molecule has 2 saturated heterocycles. The van der Waals surface area contributed by atoms with Gasteiger partial charge in [-0.15, -0.1) is 5.10 Å². The molecule has 6 rings (SSSR count). The van der Waals surface area contributed by atoms with Crippen LogP contribution in [0.15, 0.2) is 12.5 Å². The van der Waals surface area contributed by atoms with E-state index in [9.17, 15) is 44.3 Å². The van der Waals surface area contributed by atoms with Gasteiger partial charge in [-0.3, -0.25) is 4.68 Å². The molecule has 2 amide bonds. The highest BCUT2D eigenvalue weighted by molar-refractivity contribution is 5.77. The van der Waals surface area contributed by atoms with Crippen molar-refractivity contribution in [2.45, 2.75) is 63.2 Å². The van der Waals surface area contributed by atoms with Gasteiger partial charge >= 0.3 is 24.6 Å². The number of nitrogens with zero attached hydrogens (tertiary/aromatic N) is 7. The van der Waals surface area contributed by atoms with Gasteiger partial charge in [-0.1, -0.05) is 0 Å². The van der Waals surface area contributed by atoms with Crippen molar-refractivity contribution in [3.63, 3.8) is 0 Å². The zero-order valence-electron chi connectivity index (χ0n) is 20.8. The second-order valence-electron chi connectivity index (χ2n) is 11.9. The van der Waals surface area contributed by atoms with Crippen LogP contribution in [0.25, 0.3) is 0 Å². The lowest BCUT2D eigenvalue weighted by Crippen LogP contribution is -2.71. The van der Waals surface area contributed by atoms with Crippen LogP contribution in [0.2, 0.25) is 0 Å². The molecule has 0 N–H and O–H groups in total. The minimum Gasteiger partial charge on any atom is -0.323 e. The van der Waals surface area contributed by atoms with Crippen LogP contribution in [-0.4, -0.2) is 72.7 Å². The average molecular weight is 585 g/mol. The molecule has 2 aliphatic heterocycles. The van der Waals surface area contributed by atoms with Crippen LogP contribution in [0, 0.1) is 16.7 Å². The Hall–Kier alpha value is -3.01. The zero-order valence-corrected chi connectivity index (χ0v) is 20.8. The highest BCUT2D eigenvalue weighted by Crippen LogP contribution is 2.56. The smallest absolute Gasteiger partial charge is 0.323 e. The van der Waals surface area contributed by atoms with E-state index in [1.165, 1.54) is 4.68 Å². The standard InChI is InChI=1S/C23H24F9N7O/c24-21(25,26)11-38-6-14(16(34-38)22(27,28)29)1-13-2-19(3-13)7-36(8-19)18(40)37-9-20(10-37)4-15(5-20)39-12-33-17(35-39)23(30,31)32/h6,12-13,15H,1-5,7-11H2. The number of halogens is 9. The molecule has 2 aliphatic carbocycles. The van der Waals surface area contributed by atoms with Crippen LogP contribution in [0.5, 0.6) is 0 Å². The van der Waals surface area contributed by atoms with Crippen molar-refractivity contribution in [3.05, 3.63) is 29.6 Å². The third-order valence-electron chi connectivity index (χ3n) is 8.52. The first-order valence-corrected chi connectivity index (χ1v) is 12.7. The number of hydrogen-bond acceptors (Lipinski definition) is 4. The molecule has 2 spiro atoms. The van der Waals surface area contributed by atoms with Crippen molar-refractivity contribution < 1.29 is 44.3 Å². The highest BCUT2D eigenvalue weighted by atomic mass is 19.4. The van der Waals surface area contributed by atoms with Gasteiger partial charge in [0.2, 0.25) is 0 Å². The molecular formula is C23H24F9N7O. The number of urea groups is 1. The summed E-state index contributed by atoms with van der Waals surface area (Å²) in [5.74, 6) is -1.32. The maximum Gasteiger partial charge on any atom is 0.453 e. The second kappa shape index (κ2) is 8.50. The molecule has 0 unspecified atom stereocenters. The number of hydrogen-bond donors (Lipinski definition) is 0. The first-order chi connectivity index (χ1) is 18.4. The van der Waals surface area contributed by atoms with Gasteiger partial charge in [0.05, 0.1) is 6.04 Å². The SMILES string of the molecule is O=C(N1CC2(CC(Cc3cn(CC(F)(F)F)nc3C(F)(F)F)C2)C1)N1CC2(CC(n3cnc(C(F)(F)F)n3)C2)C1. The van der Waals surface area contributed by atoms with Gasteiger partial charge in [-0.2, -0.15) is 44.6 Å². The Bertz CT molecular complexity index is 1280. The summed E-state index contributed by atoms with van der Waals surface area (Å²) in [6.45, 7) is 0.328. The van der Waals surface area contributed by atoms with E-state index in [0.29, 0.717) is 51.9 Å². The van der Waals surface area contributed by atoms with Crippen LogP contribution < -0.4 is 0 Å². The van der Waals surface area contributed by atoms with Crippen LogP contribution in [-0.2, 0) is 25.3 Å². The molecule has 0 aromatic carbocycles. The van der Waals surface area contributed by atoms with E-state index in [0.717, 1.165) is 12.5 Å². The molecule has 4 aliphatic rings. The Morgan fingerprint density at radius 1 is 0.850 bits per heavy atom. The molecule has 0 bridgehead atoms. The summed E-state index contributed by atoms with van der Waals surface area (Å²) in [6.07, 6.45) is -9.95. The van der Waals surface area contributed by atoms with Gasteiger partial charge < -0.3 is 9.80 Å². The number of carbonyl (C=O) groups is 1. The van der Waals surface area contributed by atoms with Crippen molar-refractivity contribution in [2.24, 2.45) is 16.7 Å². The third kappa shape index (κ3) is 4.88. The fourth-order valence-electron chi connectivity index (χ4n) is 6.96. The Morgan fingerprint density at radius 3 is 1.93 bits per heavy atom. The van der Waals surface area contributed by atoms with E-state index < -0.39 is 36.6 Å². The first-order valence-electron chi connectivity index (χ1n) is 12.7. The van der Waals surface area contributed by atoms with E-state index >= 15 is 0 Å². The van der Waals surface area contributed by atoms with Crippen LogP contribution >= 0.6 is 0 Å². The normalized spacial score (nSPS) is 22.7. The summed E-state index contributed by atoms with van der Waals surface area (Å²) in [6, 6.07) is -0.338. The monoisotopic (exact) mass is 585 g/mol. The van der Waals surface area contributed by atoms with Crippen molar-refractivity contribution >= 4 is 6.03 Å². The largest absolute Gasteiger partial charge is 0.453 e. The van der Waals surface area contributed by atoms with Gasteiger partial charge in [0.25, 0.3) is 5.82 Å². The summed E-state index contributed by atoms with van der Waals surface area (Å²) >= 11 is 0. The quantitative estimate of drug-likeness (QED) is 0.485. The average Bonchev–Trinajstić information content (AvgIpc) is 3.32. The predicted octanol–water partition coefficient (Wildman–Crippen LogP) is 4.79. The number of amides is 2. The molecule has 4 fully saturated rings. The zero-order chi connectivity index (χ0) is 28.9. The van der Waals surface area contributed by atoms with E-state index in [4.69, 9.17) is 0 Å². The van der Waals surface area contributed by atoms with Gasteiger partial charge in [0.15, 0.2) is 5.69 Å². The molecule has 40 heavy (non-hydrogen) atoms. The first kappa shape index (κ1) is 27.2. The molecule has 8 nitrogen and oxygen atoms in total. The maximum atomic E-state index is 13.3. The van der Waals surface area contributed by atoms with Crippen LogP contribution in [0.4, 0.5) is 44.3 Å². The van der Waals surface area contributed by atoms with Crippen LogP contribution in [0.3, 0.4) is 0 Å². The number of rotatable bonds is 4. The van der Waals surface area contributed by atoms with E-state index in [2.05, 4.69) is 15.2 Å². The fraction of sp³-hybridized carbons (Fsp3) is 0.739. The molecule has 2 aromatic heterocycles. The van der Waals surface area contributed by atoms with Gasteiger partial charge in [-0.25, -0.2) is 14.5 Å². The second-order valence-corrected chi connectivity index (χ2v) is 11.9. The topological polar surface area (TPSA) is 72.1 Å². The molecule has 220 valence electrons. The number of aromatic nitrogens is 5. The Balaban J connectivity index is 0.956. The molecule has 0 radical (unpaired) electrons. The van der Waals surface area contributed by atoms with Crippen molar-refractivity contribution in [1.82, 2.24) is 34.3 Å². The Morgan fingerprint density at radius 2 is 1.43 bits per heavy atom. The fourth-order valence-corrected chi connectivity index (χ4v) is 6.96. The van der Waals surface area contributed by atoms with Crippen LogP contribution in [0.1, 0.15) is 48.8 Å². The molecular weight excluding hydrogens is 561 g/mol. The van der Waals surface area contributed by atoms with E-state index in [-0.39, 0.29) is 45.5 Å². The summed E-state index contributed by atoms with van der Waals surface area (Å²) in [7, 11) is 0. The molecule has 4 heterocycles. The maximum absolute atomic E-state index is 13.3.